The van der Waals surface area contributed by atoms with Crippen LogP contribution in [-0.2, 0) is 0 Å². The quantitative estimate of drug-likeness (QED) is 0.184. The molecule has 230 valence electrons. The minimum Gasteiger partial charge on any atom is -0.308 e. The van der Waals surface area contributed by atoms with Crippen LogP contribution < -0.4 is 0 Å². The zero-order valence-electron chi connectivity index (χ0n) is 26.6. The van der Waals surface area contributed by atoms with Gasteiger partial charge < -0.3 is 4.57 Å². The molecule has 0 unspecified atom stereocenters. The van der Waals surface area contributed by atoms with Crippen LogP contribution in [0, 0.1) is 0 Å². The first-order chi connectivity index (χ1) is 24.3. The summed E-state index contributed by atoms with van der Waals surface area (Å²) >= 11 is 0. The minimum atomic E-state index is 0.639. The molecule has 0 bridgehead atoms. The Morgan fingerprint density at radius 2 is 0.633 bits per heavy atom. The second-order valence-corrected chi connectivity index (χ2v) is 12.1. The molecule has 2 aromatic heterocycles. The lowest BCUT2D eigenvalue weighted by atomic mass is 9.95. The van der Waals surface area contributed by atoms with Crippen molar-refractivity contribution in [3.05, 3.63) is 182 Å². The van der Waals surface area contributed by atoms with Crippen LogP contribution in [0.15, 0.2) is 182 Å². The lowest BCUT2D eigenvalue weighted by molar-refractivity contribution is 1.07. The molecule has 4 heteroatoms. The predicted molar refractivity (Wildman–Crippen MR) is 201 cm³/mol. The number of hydrogen-bond acceptors (Lipinski definition) is 3. The maximum Gasteiger partial charge on any atom is 0.164 e. The van der Waals surface area contributed by atoms with Crippen LogP contribution in [0.1, 0.15) is 0 Å². The largest absolute Gasteiger partial charge is 0.308 e. The summed E-state index contributed by atoms with van der Waals surface area (Å²) in [5.74, 6) is 1.94. The van der Waals surface area contributed by atoms with Crippen molar-refractivity contribution in [3.63, 3.8) is 0 Å². The van der Waals surface area contributed by atoms with Crippen LogP contribution in [0.2, 0.25) is 0 Å². The Bertz CT molecular complexity index is 2460. The summed E-state index contributed by atoms with van der Waals surface area (Å²) in [5.41, 5.74) is 10.9. The van der Waals surface area contributed by atoms with Gasteiger partial charge in [-0.05, 0) is 23.3 Å². The third kappa shape index (κ3) is 5.16. The highest BCUT2D eigenvalue weighted by atomic mass is 15.0. The van der Waals surface area contributed by atoms with Crippen molar-refractivity contribution in [2.75, 3.05) is 0 Å². The molecule has 49 heavy (non-hydrogen) atoms. The van der Waals surface area contributed by atoms with Crippen molar-refractivity contribution in [3.8, 4) is 62.1 Å². The predicted octanol–water partition coefficient (Wildman–Crippen LogP) is 11.3. The maximum atomic E-state index is 4.96. The van der Waals surface area contributed by atoms with Gasteiger partial charge in [-0.2, -0.15) is 0 Å². The Morgan fingerprint density at radius 1 is 0.286 bits per heavy atom. The average molecular weight is 627 g/mol. The minimum absolute atomic E-state index is 0.639. The fraction of sp³-hybridized carbons (Fsp3) is 0. The van der Waals surface area contributed by atoms with Crippen molar-refractivity contribution in [1.29, 1.82) is 0 Å². The van der Waals surface area contributed by atoms with Crippen molar-refractivity contribution in [1.82, 2.24) is 19.5 Å². The highest BCUT2D eigenvalue weighted by Gasteiger charge is 2.20. The summed E-state index contributed by atoms with van der Waals surface area (Å²) in [4.78, 5) is 14.8. The van der Waals surface area contributed by atoms with Gasteiger partial charge in [0.25, 0.3) is 0 Å². The molecule has 0 saturated carbocycles. The molecule has 0 saturated heterocycles. The van der Waals surface area contributed by atoms with Crippen molar-refractivity contribution >= 4 is 21.8 Å². The van der Waals surface area contributed by atoms with Crippen molar-refractivity contribution in [2.24, 2.45) is 0 Å². The van der Waals surface area contributed by atoms with Crippen molar-refractivity contribution < 1.29 is 0 Å². The van der Waals surface area contributed by atoms with E-state index in [-0.39, 0.29) is 0 Å². The second-order valence-electron chi connectivity index (χ2n) is 12.1. The number of fused-ring (bicyclic) bond motifs is 3. The highest BCUT2D eigenvalue weighted by molar-refractivity contribution is 6.10. The first kappa shape index (κ1) is 28.6. The van der Waals surface area contributed by atoms with Crippen LogP contribution in [-0.4, -0.2) is 19.5 Å². The topological polar surface area (TPSA) is 43.6 Å². The molecular weight excluding hydrogens is 597 g/mol. The third-order valence-electron chi connectivity index (χ3n) is 9.08. The van der Waals surface area contributed by atoms with Crippen LogP contribution in [0.5, 0.6) is 0 Å². The third-order valence-corrected chi connectivity index (χ3v) is 9.08. The number of hydrogen-bond donors (Lipinski definition) is 0. The Hall–Kier alpha value is -6.65. The van der Waals surface area contributed by atoms with Gasteiger partial charge in [0, 0.05) is 38.6 Å². The van der Waals surface area contributed by atoms with Crippen LogP contribution in [0.25, 0.3) is 83.9 Å². The molecule has 9 aromatic rings. The summed E-state index contributed by atoms with van der Waals surface area (Å²) in [5, 5.41) is 2.47. The molecule has 0 aliphatic heterocycles. The molecule has 0 amide bonds. The molecule has 0 N–H and O–H groups in total. The van der Waals surface area contributed by atoms with E-state index in [2.05, 4.69) is 126 Å². The van der Waals surface area contributed by atoms with E-state index in [9.17, 15) is 0 Å². The molecule has 0 radical (unpaired) electrons. The Balaban J connectivity index is 1.23. The number of nitrogens with zero attached hydrogens (tertiary/aromatic N) is 4. The van der Waals surface area contributed by atoms with Crippen LogP contribution in [0.4, 0.5) is 0 Å². The Labute approximate surface area is 284 Å². The van der Waals surface area contributed by atoms with Gasteiger partial charge in [-0.1, -0.05) is 170 Å². The fourth-order valence-electron chi connectivity index (χ4n) is 6.77. The number of benzene rings is 7. The Kier molecular flexibility index (Phi) is 7.10. The van der Waals surface area contributed by atoms with E-state index in [0.717, 1.165) is 33.5 Å². The monoisotopic (exact) mass is 626 g/mol. The van der Waals surface area contributed by atoms with E-state index in [1.807, 2.05) is 60.7 Å². The standard InChI is InChI=1S/C45H30N4/c1-4-15-31(16-5-1)36-23-14-24-37(42(36)49-40-25-12-10-21-38(40)39-22-11-13-26-41(39)49)32-27-29-35(30-28-32)45-47-43(33-17-6-2-7-18-33)46-44(48-45)34-19-8-3-9-20-34/h1-30H. The van der Waals surface area contributed by atoms with Gasteiger partial charge in [-0.3, -0.25) is 0 Å². The summed E-state index contributed by atoms with van der Waals surface area (Å²) in [6, 6.07) is 63.4. The van der Waals surface area contributed by atoms with Gasteiger partial charge in [0.1, 0.15) is 0 Å². The lowest BCUT2D eigenvalue weighted by Crippen LogP contribution is -2.01. The fourth-order valence-corrected chi connectivity index (χ4v) is 6.77. The van der Waals surface area contributed by atoms with Crippen LogP contribution in [0.3, 0.4) is 0 Å². The lowest BCUT2D eigenvalue weighted by Gasteiger charge is -2.19. The molecule has 0 aliphatic carbocycles. The molecule has 2 heterocycles. The van der Waals surface area contributed by atoms with Gasteiger partial charge in [0.05, 0.1) is 16.7 Å². The summed E-state index contributed by atoms with van der Waals surface area (Å²) in [7, 11) is 0. The van der Waals surface area contributed by atoms with E-state index < -0.39 is 0 Å². The summed E-state index contributed by atoms with van der Waals surface area (Å²) in [6.45, 7) is 0. The van der Waals surface area contributed by atoms with E-state index in [1.165, 1.54) is 32.9 Å². The molecular formula is C45H30N4. The highest BCUT2D eigenvalue weighted by Crippen LogP contribution is 2.41. The van der Waals surface area contributed by atoms with Crippen LogP contribution >= 0.6 is 0 Å². The van der Waals surface area contributed by atoms with Gasteiger partial charge in [0.2, 0.25) is 0 Å². The Morgan fingerprint density at radius 3 is 1.10 bits per heavy atom. The number of aromatic nitrogens is 4. The average Bonchev–Trinajstić information content (AvgIpc) is 3.52. The molecule has 0 aliphatic rings. The van der Waals surface area contributed by atoms with E-state index in [1.54, 1.807) is 0 Å². The molecule has 7 aromatic carbocycles. The molecule has 9 rings (SSSR count). The van der Waals surface area contributed by atoms with E-state index in [4.69, 9.17) is 15.0 Å². The first-order valence-corrected chi connectivity index (χ1v) is 16.5. The van der Waals surface area contributed by atoms with Gasteiger partial charge in [-0.15, -0.1) is 0 Å². The molecule has 0 fully saturated rings. The first-order valence-electron chi connectivity index (χ1n) is 16.5. The maximum absolute atomic E-state index is 4.96. The summed E-state index contributed by atoms with van der Waals surface area (Å²) < 4.78 is 2.43. The van der Waals surface area contributed by atoms with E-state index in [0.29, 0.717) is 17.5 Å². The SMILES string of the molecule is c1ccc(-c2nc(-c3ccccc3)nc(-c3ccc(-c4cccc(-c5ccccc5)c4-n4c5ccccc5c5ccccc54)cc3)n2)cc1. The molecule has 0 atom stereocenters. The van der Waals surface area contributed by atoms with Gasteiger partial charge in [-0.25, -0.2) is 15.0 Å². The van der Waals surface area contributed by atoms with Crippen molar-refractivity contribution in [2.45, 2.75) is 0 Å². The normalized spacial score (nSPS) is 11.3. The molecule has 4 nitrogen and oxygen atoms in total. The van der Waals surface area contributed by atoms with Gasteiger partial charge in [0.15, 0.2) is 17.5 Å². The number of rotatable bonds is 6. The zero-order valence-corrected chi connectivity index (χ0v) is 26.6. The summed E-state index contributed by atoms with van der Waals surface area (Å²) in [6.07, 6.45) is 0. The number of para-hydroxylation sites is 3. The van der Waals surface area contributed by atoms with Gasteiger partial charge >= 0.3 is 0 Å². The zero-order chi connectivity index (χ0) is 32.6. The van der Waals surface area contributed by atoms with E-state index >= 15 is 0 Å². The molecule has 0 spiro atoms. The second kappa shape index (κ2) is 12.2. The smallest absolute Gasteiger partial charge is 0.164 e.